The number of aliphatic hydroxyl groups excluding tert-OH is 2. The summed E-state index contributed by atoms with van der Waals surface area (Å²) in [4.78, 5) is 20.3. The summed E-state index contributed by atoms with van der Waals surface area (Å²) in [7, 11) is 0. The zero-order chi connectivity index (χ0) is 16.6. The number of aliphatic hydroxyl groups is 2. The van der Waals surface area contributed by atoms with E-state index in [1.165, 1.54) is 5.23 Å². The van der Waals surface area contributed by atoms with Crippen molar-refractivity contribution in [3.8, 4) is 0 Å². The average molecular weight is 315 g/mol. The van der Waals surface area contributed by atoms with Gasteiger partial charge in [-0.25, -0.2) is 4.79 Å². The van der Waals surface area contributed by atoms with Crippen LogP contribution in [0.3, 0.4) is 0 Å². The summed E-state index contributed by atoms with van der Waals surface area (Å²) in [6.07, 6.45) is 2.00. The van der Waals surface area contributed by atoms with Crippen LogP contribution in [0, 0.1) is 0 Å². The van der Waals surface area contributed by atoms with E-state index in [-0.39, 0.29) is 26.4 Å². The third kappa shape index (κ3) is 11.2. The van der Waals surface area contributed by atoms with Crippen LogP contribution in [0.15, 0.2) is 30.3 Å². The van der Waals surface area contributed by atoms with E-state index < -0.39 is 5.97 Å². The zero-order valence-electron chi connectivity index (χ0n) is 12.9. The third-order valence-electron chi connectivity index (χ3n) is 2.37. The van der Waals surface area contributed by atoms with Gasteiger partial charge in [-0.2, -0.15) is 0 Å². The lowest BCUT2D eigenvalue weighted by Crippen LogP contribution is -2.28. The Bertz CT molecular complexity index is 355. The van der Waals surface area contributed by atoms with Crippen molar-refractivity contribution in [3.63, 3.8) is 0 Å². The summed E-state index contributed by atoms with van der Waals surface area (Å²) in [6.45, 7) is 3.08. The Morgan fingerprint density at radius 3 is 2.00 bits per heavy atom. The van der Waals surface area contributed by atoms with Crippen molar-refractivity contribution in [2.45, 2.75) is 19.8 Å². The molecule has 1 aromatic rings. The zero-order valence-corrected chi connectivity index (χ0v) is 12.9. The first-order valence-corrected chi connectivity index (χ1v) is 7.19. The molecule has 1 aromatic carbocycles. The number of carboxylic acid groups (broad SMARTS) is 1. The van der Waals surface area contributed by atoms with E-state index >= 15 is 0 Å². The fourth-order valence-electron chi connectivity index (χ4n) is 1.32. The van der Waals surface area contributed by atoms with Crippen LogP contribution in [-0.4, -0.2) is 59.5 Å². The summed E-state index contributed by atoms with van der Waals surface area (Å²) in [5.74, 6) is -0.879. The number of benzene rings is 1. The minimum Gasteiger partial charge on any atom is -0.478 e. The third-order valence-corrected chi connectivity index (χ3v) is 2.37. The van der Waals surface area contributed by atoms with Crippen molar-refractivity contribution in [1.29, 1.82) is 0 Å². The minimum absolute atomic E-state index is 0.0366. The van der Waals surface area contributed by atoms with E-state index in [9.17, 15) is 4.79 Å². The fraction of sp³-hybridized carbons (Fsp3) is 0.533. The molecular weight excluding hydrogens is 290 g/mol. The molecule has 1 rings (SSSR count). The Balaban J connectivity index is 0.000000425. The summed E-state index contributed by atoms with van der Waals surface area (Å²) >= 11 is 0. The Hall–Kier alpha value is -1.51. The maximum atomic E-state index is 10.2. The molecule has 0 amide bonds. The molecule has 0 atom stereocenters. The molecule has 0 radical (unpaired) electrons. The first-order chi connectivity index (χ1) is 10.7. The predicted molar refractivity (Wildman–Crippen MR) is 81.1 cm³/mol. The SMILES string of the molecule is CCCCN(OCCO)OCCO.O=C(O)c1ccccc1. The molecule has 0 saturated heterocycles. The monoisotopic (exact) mass is 315 g/mol. The molecule has 0 heterocycles. The smallest absolute Gasteiger partial charge is 0.335 e. The number of aromatic carboxylic acids is 1. The number of nitrogens with zero attached hydrogens (tertiary/aromatic N) is 1. The van der Waals surface area contributed by atoms with Gasteiger partial charge in [0.1, 0.15) is 0 Å². The molecule has 7 heteroatoms. The van der Waals surface area contributed by atoms with E-state index in [4.69, 9.17) is 25.0 Å². The quantitative estimate of drug-likeness (QED) is 0.560. The Morgan fingerprint density at radius 1 is 1.09 bits per heavy atom. The molecule has 0 aliphatic rings. The van der Waals surface area contributed by atoms with Crippen LogP contribution in [0.25, 0.3) is 0 Å². The molecule has 7 nitrogen and oxygen atoms in total. The summed E-state index contributed by atoms with van der Waals surface area (Å²) in [6, 6.07) is 8.30. The van der Waals surface area contributed by atoms with Gasteiger partial charge in [0, 0.05) is 0 Å². The van der Waals surface area contributed by atoms with Crippen LogP contribution in [0.4, 0.5) is 0 Å². The number of unbranched alkanes of at least 4 members (excludes halogenated alkanes) is 1. The van der Waals surface area contributed by atoms with Crippen LogP contribution in [0.5, 0.6) is 0 Å². The largest absolute Gasteiger partial charge is 0.478 e. The molecule has 22 heavy (non-hydrogen) atoms. The predicted octanol–water partition coefficient (Wildman–Crippen LogP) is 1.32. The van der Waals surface area contributed by atoms with Gasteiger partial charge in [0.15, 0.2) is 0 Å². The molecular formula is C15H25NO6. The summed E-state index contributed by atoms with van der Waals surface area (Å²) < 4.78 is 0. The second-order valence-electron chi connectivity index (χ2n) is 4.19. The second kappa shape index (κ2) is 14.4. The van der Waals surface area contributed by atoms with E-state index in [2.05, 4.69) is 6.92 Å². The first kappa shape index (κ1) is 20.5. The van der Waals surface area contributed by atoms with Gasteiger partial charge in [-0.1, -0.05) is 36.8 Å². The van der Waals surface area contributed by atoms with Crippen LogP contribution < -0.4 is 0 Å². The molecule has 0 bridgehead atoms. The number of hydrogen-bond donors (Lipinski definition) is 3. The lowest BCUT2D eigenvalue weighted by Gasteiger charge is -2.19. The van der Waals surface area contributed by atoms with Crippen LogP contribution in [0.1, 0.15) is 30.1 Å². The number of rotatable bonds is 10. The Kier molecular flexibility index (Phi) is 13.4. The molecule has 0 saturated carbocycles. The van der Waals surface area contributed by atoms with E-state index in [0.717, 1.165) is 12.8 Å². The van der Waals surface area contributed by atoms with Crippen LogP contribution in [0.2, 0.25) is 0 Å². The highest BCUT2D eigenvalue weighted by Gasteiger charge is 2.04. The van der Waals surface area contributed by atoms with Crippen LogP contribution in [-0.2, 0) is 9.68 Å². The van der Waals surface area contributed by atoms with Gasteiger partial charge in [0.2, 0.25) is 0 Å². The van der Waals surface area contributed by atoms with Gasteiger partial charge in [0.25, 0.3) is 0 Å². The lowest BCUT2D eigenvalue weighted by molar-refractivity contribution is -0.371. The first-order valence-electron chi connectivity index (χ1n) is 7.19. The molecule has 3 N–H and O–H groups in total. The van der Waals surface area contributed by atoms with Gasteiger partial charge in [-0.15, -0.1) is 0 Å². The number of carboxylic acids is 1. The van der Waals surface area contributed by atoms with Gasteiger partial charge in [-0.3, -0.25) is 9.68 Å². The lowest BCUT2D eigenvalue weighted by atomic mass is 10.2. The maximum Gasteiger partial charge on any atom is 0.335 e. The summed E-state index contributed by atoms with van der Waals surface area (Å²) in [5, 5.41) is 26.7. The maximum absolute atomic E-state index is 10.2. The Morgan fingerprint density at radius 2 is 1.64 bits per heavy atom. The number of carbonyl (C=O) groups is 1. The van der Waals surface area contributed by atoms with E-state index in [1.54, 1.807) is 30.3 Å². The van der Waals surface area contributed by atoms with Crippen molar-refractivity contribution >= 4 is 5.97 Å². The highest BCUT2D eigenvalue weighted by Crippen LogP contribution is 1.97. The van der Waals surface area contributed by atoms with Crippen molar-refractivity contribution in [2.24, 2.45) is 0 Å². The number of hydrogen-bond acceptors (Lipinski definition) is 6. The highest BCUT2D eigenvalue weighted by atomic mass is 16.9. The number of hydroxylamine groups is 2. The van der Waals surface area contributed by atoms with Crippen molar-refractivity contribution in [1.82, 2.24) is 5.23 Å². The van der Waals surface area contributed by atoms with Gasteiger partial charge >= 0.3 is 5.97 Å². The topological polar surface area (TPSA) is 99.5 Å². The van der Waals surface area contributed by atoms with Crippen LogP contribution >= 0.6 is 0 Å². The molecule has 126 valence electrons. The van der Waals surface area contributed by atoms with Gasteiger partial charge in [0.05, 0.1) is 38.5 Å². The standard InChI is InChI=1S/C8H19NO4.C7H6O2/c1-2-3-4-9(12-7-5-10)13-8-6-11;8-7(9)6-4-2-1-3-5-6/h10-11H,2-8H2,1H3;1-5H,(H,8,9). The molecule has 0 fully saturated rings. The molecule has 0 aliphatic heterocycles. The molecule has 0 spiro atoms. The molecule has 0 unspecified atom stereocenters. The van der Waals surface area contributed by atoms with Gasteiger partial charge < -0.3 is 15.3 Å². The second-order valence-corrected chi connectivity index (χ2v) is 4.19. The van der Waals surface area contributed by atoms with Crippen molar-refractivity contribution in [2.75, 3.05) is 33.0 Å². The molecule has 0 aromatic heterocycles. The molecule has 0 aliphatic carbocycles. The van der Waals surface area contributed by atoms with E-state index in [1.807, 2.05) is 0 Å². The average Bonchev–Trinajstić information content (AvgIpc) is 2.55. The van der Waals surface area contributed by atoms with Gasteiger partial charge in [-0.05, 0) is 18.6 Å². The Labute approximate surface area is 130 Å². The summed E-state index contributed by atoms with van der Waals surface area (Å²) in [5.41, 5.74) is 0.331. The highest BCUT2D eigenvalue weighted by molar-refractivity contribution is 5.87. The minimum atomic E-state index is -0.879. The van der Waals surface area contributed by atoms with Crippen molar-refractivity contribution in [3.05, 3.63) is 35.9 Å². The normalized spacial score (nSPS) is 10.2. The fourth-order valence-corrected chi connectivity index (χ4v) is 1.32. The van der Waals surface area contributed by atoms with E-state index in [0.29, 0.717) is 12.1 Å². The van der Waals surface area contributed by atoms with Crippen molar-refractivity contribution < 1.29 is 29.8 Å².